The van der Waals surface area contributed by atoms with E-state index in [9.17, 15) is 4.79 Å². The Balaban J connectivity index is 1.52. The third-order valence-corrected chi connectivity index (χ3v) is 4.60. The lowest BCUT2D eigenvalue weighted by Crippen LogP contribution is -2.39. The van der Waals surface area contributed by atoms with Gasteiger partial charge < -0.3 is 4.90 Å². The zero-order valence-corrected chi connectivity index (χ0v) is 14.5. The smallest absolute Gasteiger partial charge is 0.222 e. The average molecular weight is 326 g/mol. The molecule has 1 aromatic carbocycles. The zero-order chi connectivity index (χ0) is 16.9. The fourth-order valence-electron chi connectivity index (χ4n) is 3.24. The fourth-order valence-corrected chi connectivity index (χ4v) is 3.24. The molecule has 1 aromatic heterocycles. The summed E-state index contributed by atoms with van der Waals surface area (Å²) in [5.74, 6) is 3.01. The highest BCUT2D eigenvalue weighted by Gasteiger charge is 2.24. The van der Waals surface area contributed by atoms with Crippen molar-refractivity contribution in [1.82, 2.24) is 20.1 Å². The molecule has 0 radical (unpaired) electrons. The molecule has 1 fully saturated rings. The third-order valence-electron chi connectivity index (χ3n) is 4.60. The zero-order valence-electron chi connectivity index (χ0n) is 14.5. The average Bonchev–Trinajstić information content (AvgIpc) is 3.04. The number of aromatic nitrogens is 3. The summed E-state index contributed by atoms with van der Waals surface area (Å²) in [6.07, 6.45) is 3.66. The van der Waals surface area contributed by atoms with Crippen molar-refractivity contribution in [3.05, 3.63) is 36.2 Å². The van der Waals surface area contributed by atoms with Crippen molar-refractivity contribution in [2.24, 2.45) is 11.8 Å². The van der Waals surface area contributed by atoms with Gasteiger partial charge >= 0.3 is 0 Å². The monoisotopic (exact) mass is 326 g/mol. The lowest BCUT2D eigenvalue weighted by atomic mass is 9.93. The van der Waals surface area contributed by atoms with Gasteiger partial charge in [0.25, 0.3) is 0 Å². The van der Waals surface area contributed by atoms with Crippen LogP contribution in [0.5, 0.6) is 0 Å². The molecule has 0 aliphatic carbocycles. The first-order chi connectivity index (χ1) is 11.6. The number of H-pyrrole nitrogens is 1. The first kappa shape index (κ1) is 16.7. The maximum atomic E-state index is 12.1. The molecule has 5 nitrogen and oxygen atoms in total. The topological polar surface area (TPSA) is 61.9 Å². The molecule has 5 heteroatoms. The van der Waals surface area contributed by atoms with Crippen LogP contribution in [0.3, 0.4) is 0 Å². The summed E-state index contributed by atoms with van der Waals surface area (Å²) in [6.45, 7) is 5.93. The summed E-state index contributed by atoms with van der Waals surface area (Å²) in [5, 5.41) is 7.40. The van der Waals surface area contributed by atoms with Crippen molar-refractivity contribution in [2.45, 2.75) is 39.5 Å². The minimum atomic E-state index is 0.300. The molecule has 0 bridgehead atoms. The van der Waals surface area contributed by atoms with Crippen LogP contribution in [-0.2, 0) is 11.2 Å². The van der Waals surface area contributed by atoms with E-state index in [4.69, 9.17) is 0 Å². The van der Waals surface area contributed by atoms with E-state index in [1.54, 1.807) is 0 Å². The van der Waals surface area contributed by atoms with Crippen LogP contribution in [0.4, 0.5) is 0 Å². The standard InChI is InChI=1S/C19H26N4O/c1-14(2)12-18(24)23-10-8-15(9-11-23)13-17-20-19(22-21-17)16-6-4-3-5-7-16/h3-7,14-15H,8-13H2,1-2H3,(H,20,21,22). The van der Waals surface area contributed by atoms with Crippen molar-refractivity contribution in [1.29, 1.82) is 0 Å². The van der Waals surface area contributed by atoms with Crippen LogP contribution in [0.25, 0.3) is 11.4 Å². The van der Waals surface area contributed by atoms with Gasteiger partial charge in [-0.15, -0.1) is 0 Å². The van der Waals surface area contributed by atoms with Crippen LogP contribution in [-0.4, -0.2) is 39.1 Å². The van der Waals surface area contributed by atoms with Crippen LogP contribution in [0, 0.1) is 11.8 Å². The van der Waals surface area contributed by atoms with E-state index >= 15 is 0 Å². The summed E-state index contributed by atoms with van der Waals surface area (Å²) in [7, 11) is 0. The van der Waals surface area contributed by atoms with Gasteiger partial charge in [0.2, 0.25) is 5.91 Å². The Morgan fingerprint density at radius 3 is 2.62 bits per heavy atom. The van der Waals surface area contributed by atoms with Crippen molar-refractivity contribution in [3.63, 3.8) is 0 Å². The number of aromatic amines is 1. The molecule has 0 atom stereocenters. The summed E-state index contributed by atoms with van der Waals surface area (Å²) in [4.78, 5) is 18.8. The number of carbonyl (C=O) groups is 1. The fraction of sp³-hybridized carbons (Fsp3) is 0.526. The molecule has 1 aliphatic heterocycles. The second kappa shape index (κ2) is 7.60. The molecule has 128 valence electrons. The molecular formula is C19H26N4O. The van der Waals surface area contributed by atoms with E-state index in [2.05, 4.69) is 29.0 Å². The second-order valence-electron chi connectivity index (χ2n) is 7.10. The molecule has 1 N–H and O–H groups in total. The summed E-state index contributed by atoms with van der Waals surface area (Å²) in [5.41, 5.74) is 1.04. The highest BCUT2D eigenvalue weighted by molar-refractivity contribution is 5.76. The number of nitrogens with zero attached hydrogens (tertiary/aromatic N) is 3. The maximum Gasteiger partial charge on any atom is 0.222 e. The summed E-state index contributed by atoms with van der Waals surface area (Å²) >= 11 is 0. The highest BCUT2D eigenvalue weighted by Crippen LogP contribution is 2.22. The van der Waals surface area contributed by atoms with Crippen molar-refractivity contribution >= 4 is 5.91 Å². The first-order valence-corrected chi connectivity index (χ1v) is 8.86. The molecule has 0 saturated carbocycles. The van der Waals surface area contributed by atoms with E-state index in [-0.39, 0.29) is 0 Å². The Labute approximate surface area is 143 Å². The Kier molecular flexibility index (Phi) is 5.28. The molecule has 3 rings (SSSR count). The van der Waals surface area contributed by atoms with Crippen LogP contribution in [0.2, 0.25) is 0 Å². The van der Waals surface area contributed by atoms with Gasteiger partial charge in [-0.3, -0.25) is 9.89 Å². The highest BCUT2D eigenvalue weighted by atomic mass is 16.2. The minimum Gasteiger partial charge on any atom is -0.343 e. The Morgan fingerprint density at radius 1 is 1.25 bits per heavy atom. The predicted octanol–water partition coefficient (Wildman–Crippen LogP) is 3.30. The lowest BCUT2D eigenvalue weighted by Gasteiger charge is -2.32. The maximum absolute atomic E-state index is 12.1. The third kappa shape index (κ3) is 4.22. The first-order valence-electron chi connectivity index (χ1n) is 8.86. The SMILES string of the molecule is CC(C)CC(=O)N1CCC(Cc2nc(-c3ccccc3)n[nH]2)CC1. The molecular weight excluding hydrogens is 300 g/mol. The number of likely N-dealkylation sites (tertiary alicyclic amines) is 1. The van der Waals surface area contributed by atoms with Crippen molar-refractivity contribution < 1.29 is 4.79 Å². The van der Waals surface area contributed by atoms with Gasteiger partial charge in [-0.25, -0.2) is 4.98 Å². The van der Waals surface area contributed by atoms with Gasteiger partial charge in [-0.1, -0.05) is 44.2 Å². The van der Waals surface area contributed by atoms with Crippen LogP contribution in [0.1, 0.15) is 38.9 Å². The van der Waals surface area contributed by atoms with Gasteiger partial charge in [0.1, 0.15) is 5.82 Å². The van der Waals surface area contributed by atoms with Crippen molar-refractivity contribution in [2.75, 3.05) is 13.1 Å². The number of hydrogen-bond acceptors (Lipinski definition) is 3. The molecule has 24 heavy (non-hydrogen) atoms. The summed E-state index contributed by atoms with van der Waals surface area (Å²) in [6, 6.07) is 10.0. The van der Waals surface area contributed by atoms with Crippen LogP contribution >= 0.6 is 0 Å². The van der Waals surface area contributed by atoms with E-state index in [1.165, 1.54) is 0 Å². The van der Waals surface area contributed by atoms with Gasteiger partial charge in [0, 0.05) is 31.5 Å². The molecule has 1 amide bonds. The molecule has 2 heterocycles. The Bertz CT molecular complexity index is 657. The molecule has 0 unspecified atom stereocenters. The molecule has 0 spiro atoms. The van der Waals surface area contributed by atoms with E-state index in [0.29, 0.717) is 24.2 Å². The van der Waals surface area contributed by atoms with E-state index in [0.717, 1.165) is 49.6 Å². The van der Waals surface area contributed by atoms with Gasteiger partial charge in [0.05, 0.1) is 0 Å². The number of carbonyl (C=O) groups excluding carboxylic acids is 1. The van der Waals surface area contributed by atoms with Crippen molar-refractivity contribution in [3.8, 4) is 11.4 Å². The molecule has 1 saturated heterocycles. The van der Waals surface area contributed by atoms with Gasteiger partial charge in [-0.2, -0.15) is 5.10 Å². The number of amides is 1. The Morgan fingerprint density at radius 2 is 1.96 bits per heavy atom. The normalized spacial score (nSPS) is 15.9. The van der Waals surface area contributed by atoms with Gasteiger partial charge in [0.15, 0.2) is 5.82 Å². The van der Waals surface area contributed by atoms with Crippen LogP contribution in [0.15, 0.2) is 30.3 Å². The predicted molar refractivity (Wildman–Crippen MR) is 94.3 cm³/mol. The van der Waals surface area contributed by atoms with E-state index < -0.39 is 0 Å². The number of piperidine rings is 1. The molecule has 1 aliphatic rings. The number of nitrogens with one attached hydrogen (secondary N) is 1. The number of rotatable bonds is 5. The largest absolute Gasteiger partial charge is 0.343 e. The Hall–Kier alpha value is -2.17. The summed E-state index contributed by atoms with van der Waals surface area (Å²) < 4.78 is 0. The van der Waals surface area contributed by atoms with E-state index in [1.807, 2.05) is 35.2 Å². The second-order valence-corrected chi connectivity index (χ2v) is 7.10. The number of benzene rings is 1. The minimum absolute atomic E-state index is 0.300. The van der Waals surface area contributed by atoms with Gasteiger partial charge in [-0.05, 0) is 24.7 Å². The quantitative estimate of drug-likeness (QED) is 0.917. The lowest BCUT2D eigenvalue weighted by molar-refractivity contribution is -0.133. The molecule has 2 aromatic rings. The van der Waals surface area contributed by atoms with Crippen LogP contribution < -0.4 is 0 Å². The number of hydrogen-bond donors (Lipinski definition) is 1.